The van der Waals surface area contributed by atoms with Gasteiger partial charge in [0.05, 0.1) is 31.7 Å². The third-order valence-corrected chi connectivity index (χ3v) is 6.09. The van der Waals surface area contributed by atoms with Gasteiger partial charge in [-0.25, -0.2) is 8.42 Å². The fraction of sp³-hybridized carbons (Fsp3) is 0.350. The molecule has 1 atom stereocenters. The molecule has 0 bridgehead atoms. The van der Waals surface area contributed by atoms with Gasteiger partial charge in [0.15, 0.2) is 6.10 Å². The molecular weight excluding hydrogens is 394 g/mol. The van der Waals surface area contributed by atoms with E-state index in [1.807, 2.05) is 24.3 Å². The van der Waals surface area contributed by atoms with Gasteiger partial charge in [0, 0.05) is 24.5 Å². The predicted molar refractivity (Wildman–Crippen MR) is 111 cm³/mol. The third-order valence-electron chi connectivity index (χ3n) is 4.94. The Bertz CT molecular complexity index is 987. The van der Waals surface area contributed by atoms with E-state index in [9.17, 15) is 13.2 Å². The Morgan fingerprint density at radius 2 is 1.76 bits per heavy atom. The van der Waals surface area contributed by atoms with Gasteiger partial charge in [0.1, 0.15) is 5.75 Å². The number of ether oxygens (including phenoxy) is 2. The fourth-order valence-electron chi connectivity index (χ4n) is 3.45. The first-order valence-electron chi connectivity index (χ1n) is 9.39. The highest BCUT2D eigenvalue weighted by atomic mass is 32.2. The van der Waals surface area contributed by atoms with E-state index < -0.39 is 22.0 Å². The number of para-hydroxylation sites is 2. The van der Waals surface area contributed by atoms with E-state index in [1.54, 1.807) is 24.3 Å². The van der Waals surface area contributed by atoms with Crippen LogP contribution in [0.1, 0.15) is 0 Å². The maximum absolute atomic E-state index is 12.8. The Balaban J connectivity index is 1.47. The molecule has 154 valence electrons. The molecule has 1 unspecified atom stereocenters. The molecule has 1 fully saturated rings. The summed E-state index contributed by atoms with van der Waals surface area (Å²) in [6, 6.07) is 14.3. The quantitative estimate of drug-likeness (QED) is 0.815. The van der Waals surface area contributed by atoms with Crippen molar-refractivity contribution in [2.75, 3.05) is 53.6 Å². The first kappa shape index (κ1) is 19.5. The van der Waals surface area contributed by atoms with Crippen LogP contribution in [0.5, 0.6) is 5.75 Å². The summed E-state index contributed by atoms with van der Waals surface area (Å²) in [6.07, 6.45) is 0.174. The number of sulfonamides is 1. The molecule has 29 heavy (non-hydrogen) atoms. The molecular formula is C20H23N3O5S. The molecule has 0 radical (unpaired) electrons. The molecule has 9 heteroatoms. The Labute approximate surface area is 170 Å². The summed E-state index contributed by atoms with van der Waals surface area (Å²) in [6.45, 7) is 3.00. The van der Waals surface area contributed by atoms with Gasteiger partial charge in [-0.05, 0) is 36.4 Å². The van der Waals surface area contributed by atoms with E-state index in [-0.39, 0.29) is 6.54 Å². The lowest BCUT2D eigenvalue weighted by Gasteiger charge is -2.33. The monoisotopic (exact) mass is 417 g/mol. The number of benzene rings is 2. The standard InChI is InChI=1S/C20H23N3O5S/c1-29(25,26)23-14-19(28-18-5-3-2-4-17(18)23)20(24)21-15-6-8-16(9-7-15)22-10-12-27-13-11-22/h2-9,19H,10-14H2,1H3,(H,21,24). The van der Waals surface area contributed by atoms with Gasteiger partial charge in [0.25, 0.3) is 5.91 Å². The summed E-state index contributed by atoms with van der Waals surface area (Å²) in [5.74, 6) is -0.0285. The van der Waals surface area contributed by atoms with E-state index in [1.165, 1.54) is 4.31 Å². The lowest BCUT2D eigenvalue weighted by Crippen LogP contribution is -2.48. The molecule has 0 aliphatic carbocycles. The van der Waals surface area contributed by atoms with E-state index >= 15 is 0 Å². The van der Waals surface area contributed by atoms with Crippen LogP contribution in [-0.4, -0.2) is 59.5 Å². The Hall–Kier alpha value is -2.78. The second-order valence-electron chi connectivity index (χ2n) is 7.00. The van der Waals surface area contributed by atoms with Gasteiger partial charge in [-0.3, -0.25) is 9.10 Å². The molecule has 2 aliphatic heterocycles. The number of morpholine rings is 1. The molecule has 2 aliphatic rings. The minimum absolute atomic E-state index is 0.0759. The van der Waals surface area contributed by atoms with Crippen molar-refractivity contribution >= 4 is 33.0 Å². The summed E-state index contributed by atoms with van der Waals surface area (Å²) in [5, 5.41) is 2.82. The number of fused-ring (bicyclic) bond motifs is 1. The van der Waals surface area contributed by atoms with Crippen LogP contribution in [0.2, 0.25) is 0 Å². The third kappa shape index (κ3) is 4.30. The van der Waals surface area contributed by atoms with Crippen LogP contribution in [0.4, 0.5) is 17.1 Å². The SMILES string of the molecule is CS(=O)(=O)N1CC(C(=O)Nc2ccc(N3CCOCC3)cc2)Oc2ccccc21. The largest absolute Gasteiger partial charge is 0.476 e. The van der Waals surface area contributed by atoms with Gasteiger partial charge in [-0.2, -0.15) is 0 Å². The Morgan fingerprint density at radius 1 is 1.07 bits per heavy atom. The number of hydrogen-bond donors (Lipinski definition) is 1. The highest BCUT2D eigenvalue weighted by Crippen LogP contribution is 2.34. The van der Waals surface area contributed by atoms with E-state index in [0.717, 1.165) is 25.0 Å². The average Bonchev–Trinajstić information content (AvgIpc) is 2.73. The molecule has 2 heterocycles. The molecule has 1 N–H and O–H groups in total. The van der Waals surface area contributed by atoms with E-state index in [4.69, 9.17) is 9.47 Å². The minimum atomic E-state index is -3.54. The molecule has 2 aromatic rings. The zero-order valence-electron chi connectivity index (χ0n) is 16.1. The van der Waals surface area contributed by atoms with E-state index in [2.05, 4.69) is 10.2 Å². The Kier molecular flexibility index (Phi) is 5.33. The highest BCUT2D eigenvalue weighted by Gasteiger charge is 2.34. The fourth-order valence-corrected chi connectivity index (χ4v) is 4.37. The minimum Gasteiger partial charge on any atom is -0.476 e. The first-order valence-corrected chi connectivity index (χ1v) is 11.2. The zero-order chi connectivity index (χ0) is 20.4. The van der Waals surface area contributed by atoms with Crippen molar-refractivity contribution in [1.29, 1.82) is 0 Å². The van der Waals surface area contributed by atoms with Crippen LogP contribution in [0.25, 0.3) is 0 Å². The lowest BCUT2D eigenvalue weighted by molar-refractivity contribution is -0.122. The molecule has 1 amide bonds. The van der Waals surface area contributed by atoms with Crippen LogP contribution in [-0.2, 0) is 19.6 Å². The van der Waals surface area contributed by atoms with Crippen molar-refractivity contribution in [3.63, 3.8) is 0 Å². The molecule has 2 aromatic carbocycles. The van der Waals surface area contributed by atoms with Crippen LogP contribution in [0.15, 0.2) is 48.5 Å². The number of rotatable bonds is 4. The number of carbonyl (C=O) groups excluding carboxylic acids is 1. The summed E-state index contributed by atoms with van der Waals surface area (Å²) < 4.78 is 36.7. The first-order chi connectivity index (χ1) is 13.9. The number of nitrogens with zero attached hydrogens (tertiary/aromatic N) is 2. The molecule has 8 nitrogen and oxygen atoms in total. The van der Waals surface area contributed by atoms with Crippen molar-refractivity contribution in [2.45, 2.75) is 6.10 Å². The van der Waals surface area contributed by atoms with Crippen molar-refractivity contribution < 1.29 is 22.7 Å². The highest BCUT2D eigenvalue weighted by molar-refractivity contribution is 7.92. The number of anilines is 3. The number of nitrogens with one attached hydrogen (secondary N) is 1. The van der Waals surface area contributed by atoms with Crippen LogP contribution >= 0.6 is 0 Å². The van der Waals surface area contributed by atoms with Gasteiger partial charge >= 0.3 is 0 Å². The maximum atomic E-state index is 12.8. The van der Waals surface area contributed by atoms with Crippen molar-refractivity contribution in [3.05, 3.63) is 48.5 Å². The smallest absolute Gasteiger partial charge is 0.267 e. The van der Waals surface area contributed by atoms with Crippen LogP contribution < -0.4 is 19.3 Å². The molecule has 0 aromatic heterocycles. The van der Waals surface area contributed by atoms with Crippen molar-refractivity contribution in [2.24, 2.45) is 0 Å². The molecule has 1 saturated heterocycles. The molecule has 0 spiro atoms. The summed E-state index contributed by atoms with van der Waals surface area (Å²) >= 11 is 0. The normalized spacial score (nSPS) is 19.3. The maximum Gasteiger partial charge on any atom is 0.267 e. The van der Waals surface area contributed by atoms with Crippen LogP contribution in [0, 0.1) is 0 Å². The number of amides is 1. The van der Waals surface area contributed by atoms with Gasteiger partial charge in [-0.1, -0.05) is 12.1 Å². The topological polar surface area (TPSA) is 88.2 Å². The van der Waals surface area contributed by atoms with Gasteiger partial charge in [0.2, 0.25) is 10.0 Å². The van der Waals surface area contributed by atoms with E-state index in [0.29, 0.717) is 30.3 Å². The number of hydrogen-bond acceptors (Lipinski definition) is 6. The zero-order valence-corrected chi connectivity index (χ0v) is 16.9. The summed E-state index contributed by atoms with van der Waals surface area (Å²) in [7, 11) is -3.54. The Morgan fingerprint density at radius 3 is 2.45 bits per heavy atom. The van der Waals surface area contributed by atoms with Gasteiger partial charge < -0.3 is 19.7 Å². The van der Waals surface area contributed by atoms with Crippen molar-refractivity contribution in [3.8, 4) is 5.75 Å². The molecule has 0 saturated carbocycles. The summed E-state index contributed by atoms with van der Waals surface area (Å²) in [5.41, 5.74) is 2.13. The number of carbonyl (C=O) groups is 1. The second-order valence-corrected chi connectivity index (χ2v) is 8.91. The predicted octanol–water partition coefficient (Wildman–Crippen LogP) is 1.69. The second kappa shape index (κ2) is 7.92. The van der Waals surface area contributed by atoms with Crippen LogP contribution in [0.3, 0.4) is 0 Å². The van der Waals surface area contributed by atoms with Gasteiger partial charge in [-0.15, -0.1) is 0 Å². The summed E-state index contributed by atoms with van der Waals surface area (Å²) in [4.78, 5) is 15.0. The lowest BCUT2D eigenvalue weighted by atomic mass is 10.2. The molecule has 4 rings (SSSR count). The average molecular weight is 417 g/mol. The van der Waals surface area contributed by atoms with Crippen molar-refractivity contribution in [1.82, 2.24) is 0 Å².